The first-order chi connectivity index (χ1) is 13.4. The number of hydrogen-bond acceptors (Lipinski definition) is 6. The fraction of sp³-hybridized carbons (Fsp3) is 0.650. The van der Waals surface area contributed by atoms with Crippen LogP contribution in [0.4, 0.5) is 0 Å². The van der Waals surface area contributed by atoms with Crippen molar-refractivity contribution in [2.24, 2.45) is 11.8 Å². The summed E-state index contributed by atoms with van der Waals surface area (Å²) < 4.78 is 11.7. The standard InChI is InChI=1S/C20H26N2O6/c1-12(2)21-8-5-7-20-15(17(24)22(9-10-23)16(20)18(21)25)14-13(28-20)6-3-4-11-27-19(14)26/h3,5-7,12-16,23H,4,8-11H2,1-2H3/t13-,14?,15+,16-,20?/m1/s1. The molecule has 0 aliphatic carbocycles. The van der Waals surface area contributed by atoms with Gasteiger partial charge in [0.25, 0.3) is 0 Å². The third kappa shape index (κ3) is 2.62. The van der Waals surface area contributed by atoms with Crippen molar-refractivity contribution in [2.45, 2.75) is 44.1 Å². The highest BCUT2D eigenvalue weighted by atomic mass is 16.6. The van der Waals surface area contributed by atoms with Gasteiger partial charge in [0, 0.05) is 19.1 Å². The lowest BCUT2D eigenvalue weighted by Crippen LogP contribution is -2.56. The van der Waals surface area contributed by atoms with E-state index in [1.165, 1.54) is 4.90 Å². The van der Waals surface area contributed by atoms with Gasteiger partial charge in [0.1, 0.15) is 17.6 Å². The van der Waals surface area contributed by atoms with Gasteiger partial charge in [0.2, 0.25) is 11.8 Å². The molecule has 152 valence electrons. The fourth-order valence-corrected chi connectivity index (χ4v) is 4.94. The SMILES string of the molecule is CC(C)N1CC=CC23O[C@@H]4C=CCCOC(=O)C4[C@H]2C(=O)N(CCO)[C@@H]3C1=O. The molecule has 4 aliphatic heterocycles. The van der Waals surface area contributed by atoms with E-state index in [0.29, 0.717) is 13.0 Å². The number of fused-ring (bicyclic) bond motifs is 2. The van der Waals surface area contributed by atoms with E-state index in [0.717, 1.165) is 0 Å². The number of ether oxygens (including phenoxy) is 2. The first-order valence-corrected chi connectivity index (χ1v) is 9.83. The van der Waals surface area contributed by atoms with Crippen LogP contribution in [-0.4, -0.2) is 82.8 Å². The van der Waals surface area contributed by atoms with Crippen molar-refractivity contribution in [2.75, 3.05) is 26.3 Å². The number of cyclic esters (lactones) is 1. The number of hydrogen-bond donors (Lipinski definition) is 1. The largest absolute Gasteiger partial charge is 0.465 e. The average Bonchev–Trinajstić information content (AvgIpc) is 3.00. The Morgan fingerprint density at radius 2 is 2.04 bits per heavy atom. The van der Waals surface area contributed by atoms with Crippen LogP contribution in [0, 0.1) is 11.8 Å². The van der Waals surface area contributed by atoms with Crippen molar-refractivity contribution in [3.05, 3.63) is 24.3 Å². The van der Waals surface area contributed by atoms with Gasteiger partial charge in [0.05, 0.1) is 25.2 Å². The highest BCUT2D eigenvalue weighted by Crippen LogP contribution is 2.53. The molecule has 1 N–H and O–H groups in total. The minimum Gasteiger partial charge on any atom is -0.465 e. The van der Waals surface area contributed by atoms with Crippen LogP contribution >= 0.6 is 0 Å². The van der Waals surface area contributed by atoms with Crippen LogP contribution in [0.1, 0.15) is 20.3 Å². The summed E-state index contributed by atoms with van der Waals surface area (Å²) in [6.07, 6.45) is 7.28. The average molecular weight is 390 g/mol. The Labute approximate surface area is 163 Å². The lowest BCUT2D eigenvalue weighted by atomic mass is 9.77. The molecule has 8 heteroatoms. The first kappa shape index (κ1) is 19.1. The number of nitrogens with zero attached hydrogens (tertiary/aromatic N) is 2. The van der Waals surface area contributed by atoms with Crippen molar-refractivity contribution < 1.29 is 29.0 Å². The predicted octanol–water partition coefficient (Wildman–Crippen LogP) is -0.131. The minimum absolute atomic E-state index is 0.0128. The number of aliphatic hydroxyl groups excluding tert-OH is 1. The highest BCUT2D eigenvalue weighted by Gasteiger charge is 2.71. The van der Waals surface area contributed by atoms with E-state index < -0.39 is 35.6 Å². The van der Waals surface area contributed by atoms with Gasteiger partial charge in [-0.1, -0.05) is 24.3 Å². The smallest absolute Gasteiger partial charge is 0.312 e. The second kappa shape index (κ2) is 7.00. The molecule has 0 aromatic heterocycles. The number of carbonyl (C=O) groups excluding carboxylic acids is 3. The maximum atomic E-state index is 13.5. The van der Waals surface area contributed by atoms with E-state index in [4.69, 9.17) is 9.47 Å². The van der Waals surface area contributed by atoms with E-state index in [1.807, 2.05) is 32.1 Å². The van der Waals surface area contributed by atoms with E-state index in [2.05, 4.69) is 0 Å². The van der Waals surface area contributed by atoms with Gasteiger partial charge in [-0.3, -0.25) is 14.4 Å². The molecular formula is C20H26N2O6. The number of amides is 2. The lowest BCUT2D eigenvalue weighted by molar-refractivity contribution is -0.155. The van der Waals surface area contributed by atoms with Crippen molar-refractivity contribution in [1.29, 1.82) is 0 Å². The van der Waals surface area contributed by atoms with Gasteiger partial charge in [0.15, 0.2) is 0 Å². The van der Waals surface area contributed by atoms with Crippen molar-refractivity contribution >= 4 is 17.8 Å². The summed E-state index contributed by atoms with van der Waals surface area (Å²) in [5, 5.41) is 9.51. The molecule has 4 heterocycles. The molecule has 2 unspecified atom stereocenters. The molecule has 0 saturated carbocycles. The highest BCUT2D eigenvalue weighted by molar-refractivity contribution is 5.99. The molecule has 1 spiro atoms. The van der Waals surface area contributed by atoms with Gasteiger partial charge in [-0.15, -0.1) is 0 Å². The van der Waals surface area contributed by atoms with E-state index >= 15 is 0 Å². The fourth-order valence-electron chi connectivity index (χ4n) is 4.94. The maximum absolute atomic E-state index is 13.5. The number of carbonyl (C=O) groups is 3. The number of likely N-dealkylation sites (tertiary alicyclic amines) is 1. The van der Waals surface area contributed by atoms with Crippen molar-refractivity contribution in [3.63, 3.8) is 0 Å². The Balaban J connectivity index is 1.84. The first-order valence-electron chi connectivity index (χ1n) is 9.83. The molecule has 2 fully saturated rings. The summed E-state index contributed by atoms with van der Waals surface area (Å²) in [6.45, 7) is 4.23. The topological polar surface area (TPSA) is 96.4 Å². The number of esters is 1. The molecule has 5 atom stereocenters. The van der Waals surface area contributed by atoms with Crippen LogP contribution in [-0.2, 0) is 23.9 Å². The summed E-state index contributed by atoms with van der Waals surface area (Å²) in [6, 6.07) is -0.967. The van der Waals surface area contributed by atoms with Crippen LogP contribution in [0.2, 0.25) is 0 Å². The molecule has 0 aromatic rings. The summed E-state index contributed by atoms with van der Waals surface area (Å²) >= 11 is 0. The quantitative estimate of drug-likeness (QED) is 0.533. The van der Waals surface area contributed by atoms with E-state index in [1.54, 1.807) is 11.0 Å². The molecule has 0 bridgehead atoms. The Bertz CT molecular complexity index is 747. The van der Waals surface area contributed by atoms with Gasteiger partial charge in [-0.05, 0) is 20.3 Å². The lowest BCUT2D eigenvalue weighted by Gasteiger charge is -2.36. The predicted molar refractivity (Wildman–Crippen MR) is 97.9 cm³/mol. The number of aliphatic hydroxyl groups is 1. The molecular weight excluding hydrogens is 364 g/mol. The molecule has 28 heavy (non-hydrogen) atoms. The summed E-state index contributed by atoms with van der Waals surface area (Å²) in [5.41, 5.74) is -1.24. The van der Waals surface area contributed by atoms with E-state index in [-0.39, 0.29) is 37.6 Å². The third-order valence-corrected chi connectivity index (χ3v) is 6.12. The van der Waals surface area contributed by atoms with Crippen LogP contribution in [0.5, 0.6) is 0 Å². The zero-order valence-electron chi connectivity index (χ0n) is 16.1. The van der Waals surface area contributed by atoms with Crippen molar-refractivity contribution in [3.8, 4) is 0 Å². The summed E-state index contributed by atoms with van der Waals surface area (Å²) in [7, 11) is 0. The second-order valence-electron chi connectivity index (χ2n) is 7.97. The van der Waals surface area contributed by atoms with Gasteiger partial charge >= 0.3 is 5.97 Å². The Morgan fingerprint density at radius 3 is 2.75 bits per heavy atom. The van der Waals surface area contributed by atoms with Crippen molar-refractivity contribution in [1.82, 2.24) is 9.80 Å². The molecule has 0 aromatic carbocycles. The second-order valence-corrected chi connectivity index (χ2v) is 7.97. The summed E-state index contributed by atoms with van der Waals surface area (Å²) in [5.74, 6) is -2.70. The van der Waals surface area contributed by atoms with Crippen LogP contribution < -0.4 is 0 Å². The van der Waals surface area contributed by atoms with Crippen LogP contribution in [0.3, 0.4) is 0 Å². The van der Waals surface area contributed by atoms with E-state index in [9.17, 15) is 19.5 Å². The zero-order valence-corrected chi connectivity index (χ0v) is 16.1. The Hall–Kier alpha value is -2.19. The summed E-state index contributed by atoms with van der Waals surface area (Å²) in [4.78, 5) is 42.6. The molecule has 0 radical (unpaired) electrons. The third-order valence-electron chi connectivity index (χ3n) is 6.12. The van der Waals surface area contributed by atoms with Crippen LogP contribution in [0.25, 0.3) is 0 Å². The zero-order chi connectivity index (χ0) is 20.1. The molecule has 8 nitrogen and oxygen atoms in total. The molecule has 4 rings (SSSR count). The maximum Gasteiger partial charge on any atom is 0.312 e. The number of β-amino-alcohol motifs (C(OH)–C–C–N with tert-alkyl or cyclic N) is 1. The monoisotopic (exact) mass is 390 g/mol. The Morgan fingerprint density at radius 1 is 1.25 bits per heavy atom. The molecule has 4 aliphatic rings. The van der Waals surface area contributed by atoms with Gasteiger partial charge in [-0.2, -0.15) is 0 Å². The molecule has 2 amide bonds. The molecule has 2 saturated heterocycles. The van der Waals surface area contributed by atoms with Gasteiger partial charge < -0.3 is 24.4 Å². The van der Waals surface area contributed by atoms with Crippen LogP contribution in [0.15, 0.2) is 24.3 Å². The minimum atomic E-state index is -1.24. The Kier molecular flexibility index (Phi) is 4.79. The number of rotatable bonds is 3. The van der Waals surface area contributed by atoms with Gasteiger partial charge in [-0.25, -0.2) is 0 Å². The normalized spacial score (nSPS) is 37.4.